The molecular weight excluding hydrogens is 240 g/mol. The van der Waals surface area contributed by atoms with Gasteiger partial charge in [-0.1, -0.05) is 18.2 Å². The van der Waals surface area contributed by atoms with Crippen LogP contribution < -0.4 is 5.32 Å². The Morgan fingerprint density at radius 1 is 1.42 bits per heavy atom. The highest BCUT2D eigenvalue weighted by molar-refractivity contribution is 5.97. The second-order valence-electron chi connectivity index (χ2n) is 5.11. The lowest BCUT2D eigenvalue weighted by Gasteiger charge is -2.02. The number of H-pyrrole nitrogens is 1. The van der Waals surface area contributed by atoms with Gasteiger partial charge in [0.05, 0.1) is 0 Å². The average Bonchev–Trinajstić information content (AvgIpc) is 3.05. The van der Waals surface area contributed by atoms with Gasteiger partial charge in [-0.25, -0.2) is 0 Å². The van der Waals surface area contributed by atoms with E-state index >= 15 is 0 Å². The summed E-state index contributed by atoms with van der Waals surface area (Å²) < 4.78 is 0. The number of hydrogen-bond donors (Lipinski definition) is 2. The molecule has 1 aromatic heterocycles. The Balaban J connectivity index is 1.56. The summed E-state index contributed by atoms with van der Waals surface area (Å²) in [6.07, 6.45) is 2.88. The van der Waals surface area contributed by atoms with E-state index in [9.17, 15) is 9.59 Å². The largest absolute Gasteiger partial charge is 0.351 e. The van der Waals surface area contributed by atoms with E-state index < -0.39 is 0 Å². The van der Waals surface area contributed by atoms with Gasteiger partial charge in [-0.2, -0.15) is 0 Å². The second-order valence-corrected chi connectivity index (χ2v) is 5.11. The molecule has 1 aliphatic rings. The molecule has 1 heterocycles. The number of nitrogens with one attached hydrogen (secondary N) is 2. The third-order valence-corrected chi connectivity index (χ3v) is 3.73. The van der Waals surface area contributed by atoms with E-state index in [1.165, 1.54) is 0 Å². The number of aldehydes is 1. The molecule has 0 radical (unpaired) electrons. The number of para-hydroxylation sites is 1. The summed E-state index contributed by atoms with van der Waals surface area (Å²) in [5.41, 5.74) is 1.56. The molecule has 0 spiro atoms. The van der Waals surface area contributed by atoms with Crippen LogP contribution in [0.4, 0.5) is 0 Å². The van der Waals surface area contributed by atoms with Crippen LogP contribution in [0.1, 0.15) is 23.3 Å². The molecule has 3 rings (SSSR count). The predicted octanol–water partition coefficient (Wildman–Crippen LogP) is 2.12. The van der Waals surface area contributed by atoms with Crippen molar-refractivity contribution in [2.75, 3.05) is 6.54 Å². The van der Waals surface area contributed by atoms with Gasteiger partial charge < -0.3 is 15.1 Å². The fourth-order valence-corrected chi connectivity index (χ4v) is 2.43. The van der Waals surface area contributed by atoms with Crippen LogP contribution in [0, 0.1) is 11.8 Å². The Kier molecular flexibility index (Phi) is 3.07. The molecule has 0 bridgehead atoms. The van der Waals surface area contributed by atoms with Gasteiger partial charge in [0.2, 0.25) is 0 Å². The first kappa shape index (κ1) is 12.0. The standard InChI is InChI=1S/C15H16N2O2/c18-9-12-7-10(12)5-6-16-15(19)14-8-11-3-1-2-4-13(11)17-14/h1-4,8-10,12,17H,5-7H2,(H,16,19)/t10-,12+/m1/s1. The van der Waals surface area contributed by atoms with Gasteiger partial charge in [0.1, 0.15) is 12.0 Å². The quantitative estimate of drug-likeness (QED) is 0.805. The molecule has 1 aromatic carbocycles. The number of hydrogen-bond acceptors (Lipinski definition) is 2. The predicted molar refractivity (Wildman–Crippen MR) is 72.9 cm³/mol. The van der Waals surface area contributed by atoms with Crippen LogP contribution in [-0.4, -0.2) is 23.7 Å². The molecule has 4 nitrogen and oxygen atoms in total. The molecule has 1 fully saturated rings. The second kappa shape index (κ2) is 4.88. The van der Waals surface area contributed by atoms with Crippen molar-refractivity contribution in [2.45, 2.75) is 12.8 Å². The lowest BCUT2D eigenvalue weighted by molar-refractivity contribution is -0.109. The molecule has 4 heteroatoms. The van der Waals surface area contributed by atoms with Gasteiger partial charge in [0.25, 0.3) is 5.91 Å². The summed E-state index contributed by atoms with van der Waals surface area (Å²) in [5.74, 6) is 0.616. The van der Waals surface area contributed by atoms with Gasteiger partial charge in [0, 0.05) is 23.4 Å². The first-order valence-corrected chi connectivity index (χ1v) is 6.59. The van der Waals surface area contributed by atoms with Crippen LogP contribution in [0.3, 0.4) is 0 Å². The van der Waals surface area contributed by atoms with Crippen molar-refractivity contribution in [3.63, 3.8) is 0 Å². The molecular formula is C15H16N2O2. The molecule has 0 saturated heterocycles. The number of carbonyl (C=O) groups excluding carboxylic acids is 2. The molecule has 1 saturated carbocycles. The molecule has 1 amide bonds. The number of benzene rings is 1. The van der Waals surface area contributed by atoms with Crippen molar-refractivity contribution in [3.05, 3.63) is 36.0 Å². The smallest absolute Gasteiger partial charge is 0.267 e. The first-order chi connectivity index (χ1) is 9.28. The highest BCUT2D eigenvalue weighted by Crippen LogP contribution is 2.38. The minimum atomic E-state index is -0.0838. The maximum absolute atomic E-state index is 12.0. The maximum atomic E-state index is 12.0. The molecule has 2 atom stereocenters. The Morgan fingerprint density at radius 2 is 2.26 bits per heavy atom. The Labute approximate surface area is 111 Å². The van der Waals surface area contributed by atoms with Crippen LogP contribution in [0.15, 0.2) is 30.3 Å². The number of aromatic nitrogens is 1. The van der Waals surface area contributed by atoms with Crippen molar-refractivity contribution in [3.8, 4) is 0 Å². The maximum Gasteiger partial charge on any atom is 0.267 e. The topological polar surface area (TPSA) is 62.0 Å². The lowest BCUT2D eigenvalue weighted by Crippen LogP contribution is -2.25. The lowest BCUT2D eigenvalue weighted by atomic mass is 10.2. The van der Waals surface area contributed by atoms with Gasteiger partial charge in [-0.15, -0.1) is 0 Å². The molecule has 2 N–H and O–H groups in total. The highest BCUT2D eigenvalue weighted by Gasteiger charge is 2.35. The molecule has 1 aliphatic carbocycles. The van der Waals surface area contributed by atoms with Gasteiger partial charge in [-0.05, 0) is 30.9 Å². The third kappa shape index (κ3) is 2.52. The highest BCUT2D eigenvalue weighted by atomic mass is 16.1. The van der Waals surface area contributed by atoms with Crippen LogP contribution in [0.5, 0.6) is 0 Å². The summed E-state index contributed by atoms with van der Waals surface area (Å²) in [5, 5.41) is 3.93. The summed E-state index contributed by atoms with van der Waals surface area (Å²) in [6, 6.07) is 9.67. The number of fused-ring (bicyclic) bond motifs is 1. The van der Waals surface area contributed by atoms with E-state index in [0.717, 1.165) is 30.0 Å². The fraction of sp³-hybridized carbons (Fsp3) is 0.333. The normalized spacial score (nSPS) is 21.3. The molecule has 0 aliphatic heterocycles. The Hall–Kier alpha value is -2.10. The van der Waals surface area contributed by atoms with Crippen LogP contribution in [-0.2, 0) is 4.79 Å². The Morgan fingerprint density at radius 3 is 3.00 bits per heavy atom. The molecule has 0 unspecified atom stereocenters. The zero-order valence-corrected chi connectivity index (χ0v) is 10.6. The van der Waals surface area contributed by atoms with E-state index in [0.29, 0.717) is 18.2 Å². The van der Waals surface area contributed by atoms with Crippen LogP contribution in [0.25, 0.3) is 10.9 Å². The summed E-state index contributed by atoms with van der Waals surface area (Å²) in [6.45, 7) is 0.628. The van der Waals surface area contributed by atoms with Crippen LogP contribution in [0.2, 0.25) is 0 Å². The van der Waals surface area contributed by atoms with Crippen molar-refractivity contribution in [2.24, 2.45) is 11.8 Å². The third-order valence-electron chi connectivity index (χ3n) is 3.73. The van der Waals surface area contributed by atoms with E-state index in [-0.39, 0.29) is 11.8 Å². The minimum absolute atomic E-state index is 0.0838. The van der Waals surface area contributed by atoms with Gasteiger partial charge in [0.15, 0.2) is 0 Å². The monoisotopic (exact) mass is 256 g/mol. The zero-order chi connectivity index (χ0) is 13.2. The molecule has 2 aromatic rings. The van der Waals surface area contributed by atoms with Crippen molar-refractivity contribution in [1.82, 2.24) is 10.3 Å². The van der Waals surface area contributed by atoms with E-state index in [1.54, 1.807) is 0 Å². The average molecular weight is 256 g/mol. The summed E-state index contributed by atoms with van der Waals surface area (Å²) >= 11 is 0. The minimum Gasteiger partial charge on any atom is -0.351 e. The SMILES string of the molecule is O=C[C@@H]1C[C@H]1CCNC(=O)c1cc2ccccc2[nH]1. The van der Waals surface area contributed by atoms with Gasteiger partial charge >= 0.3 is 0 Å². The van der Waals surface area contributed by atoms with Crippen molar-refractivity contribution >= 4 is 23.1 Å². The van der Waals surface area contributed by atoms with E-state index in [2.05, 4.69) is 10.3 Å². The Bertz CT molecular complexity index is 584. The van der Waals surface area contributed by atoms with E-state index in [1.807, 2.05) is 30.3 Å². The number of amides is 1. The fourth-order valence-electron chi connectivity index (χ4n) is 2.43. The van der Waals surface area contributed by atoms with E-state index in [4.69, 9.17) is 0 Å². The number of aromatic amines is 1. The van der Waals surface area contributed by atoms with Crippen LogP contribution >= 0.6 is 0 Å². The van der Waals surface area contributed by atoms with Crippen molar-refractivity contribution < 1.29 is 9.59 Å². The summed E-state index contributed by atoms with van der Waals surface area (Å²) in [4.78, 5) is 25.6. The molecule has 98 valence electrons. The van der Waals surface area contributed by atoms with Gasteiger partial charge in [-0.3, -0.25) is 4.79 Å². The van der Waals surface area contributed by atoms with Crippen molar-refractivity contribution in [1.29, 1.82) is 0 Å². The zero-order valence-electron chi connectivity index (χ0n) is 10.6. The number of rotatable bonds is 5. The molecule has 19 heavy (non-hydrogen) atoms. The number of carbonyl (C=O) groups is 2. The first-order valence-electron chi connectivity index (χ1n) is 6.59. The summed E-state index contributed by atoms with van der Waals surface area (Å²) in [7, 11) is 0.